The van der Waals surface area contributed by atoms with E-state index in [9.17, 15) is 31.1 Å². The Morgan fingerprint density at radius 3 is 1.96 bits per heavy atom. The maximum atomic E-state index is 12.6. The monoisotopic (exact) mass is 403 g/mol. The number of carbonyl (C=O) groups is 1. The van der Waals surface area contributed by atoms with E-state index in [-0.39, 0.29) is 22.4 Å². The number of aliphatic hydroxyl groups is 1. The largest absolute Gasteiger partial charge is 0.490 e. The molecule has 1 aliphatic heterocycles. The molecule has 26 heavy (non-hydrogen) atoms. The summed E-state index contributed by atoms with van der Waals surface area (Å²) in [6, 6.07) is 4.80. The molecule has 1 fully saturated rings. The van der Waals surface area contributed by atoms with E-state index in [2.05, 4.69) is 4.74 Å². The van der Waals surface area contributed by atoms with Gasteiger partial charge in [-0.15, -0.1) is 0 Å². The molecule has 0 aromatic heterocycles. The molecule has 1 N–H and O–H groups in total. The lowest BCUT2D eigenvalue weighted by Gasteiger charge is -2.31. The number of ketones is 1. The van der Waals surface area contributed by atoms with Crippen LogP contribution in [0.25, 0.3) is 0 Å². The SMILES string of the molecule is O=C(C[S+]1CCCC1)c1ccc(OCC(O)(C(F)(F)F)C(F)(F)F)cc1. The van der Waals surface area contributed by atoms with Crippen molar-refractivity contribution in [1.82, 2.24) is 0 Å². The van der Waals surface area contributed by atoms with E-state index in [1.165, 1.54) is 12.1 Å². The molecule has 0 saturated carbocycles. The zero-order valence-electron chi connectivity index (χ0n) is 13.5. The highest BCUT2D eigenvalue weighted by Crippen LogP contribution is 2.43. The molecule has 1 aliphatic rings. The van der Waals surface area contributed by atoms with E-state index in [0.717, 1.165) is 36.5 Å². The number of hydrogen-bond acceptors (Lipinski definition) is 3. The van der Waals surface area contributed by atoms with Crippen LogP contribution in [0.5, 0.6) is 5.75 Å². The molecule has 0 spiro atoms. The lowest BCUT2D eigenvalue weighted by Crippen LogP contribution is -2.60. The summed E-state index contributed by atoms with van der Waals surface area (Å²) in [6.07, 6.45) is -9.71. The van der Waals surface area contributed by atoms with Crippen LogP contribution >= 0.6 is 0 Å². The molecule has 3 nitrogen and oxygen atoms in total. The predicted octanol–water partition coefficient (Wildman–Crippen LogP) is 3.52. The van der Waals surface area contributed by atoms with Gasteiger partial charge in [-0.1, -0.05) is 0 Å². The minimum absolute atomic E-state index is 0.0377. The quantitative estimate of drug-likeness (QED) is 0.449. The molecule has 0 radical (unpaired) electrons. The summed E-state index contributed by atoms with van der Waals surface area (Å²) in [4.78, 5) is 12.1. The van der Waals surface area contributed by atoms with Gasteiger partial charge in [0.1, 0.15) is 23.9 Å². The number of hydrogen-bond donors (Lipinski definition) is 1. The van der Waals surface area contributed by atoms with Gasteiger partial charge in [0.2, 0.25) is 5.78 Å². The Balaban J connectivity index is 2.01. The van der Waals surface area contributed by atoms with Gasteiger partial charge in [0.05, 0.1) is 0 Å². The van der Waals surface area contributed by atoms with Crippen LogP contribution in [-0.4, -0.2) is 52.7 Å². The highest BCUT2D eigenvalue weighted by atomic mass is 32.2. The smallest absolute Gasteiger partial charge is 0.429 e. The molecule has 1 saturated heterocycles. The highest BCUT2D eigenvalue weighted by molar-refractivity contribution is 7.97. The van der Waals surface area contributed by atoms with Crippen LogP contribution in [0, 0.1) is 0 Å². The van der Waals surface area contributed by atoms with Gasteiger partial charge < -0.3 is 9.84 Å². The van der Waals surface area contributed by atoms with E-state index in [1.54, 1.807) is 0 Å². The molecule has 1 heterocycles. The average Bonchev–Trinajstić information content (AvgIpc) is 3.03. The Morgan fingerprint density at radius 2 is 1.50 bits per heavy atom. The number of halogens is 6. The van der Waals surface area contributed by atoms with Crippen LogP contribution in [0.15, 0.2) is 24.3 Å². The van der Waals surface area contributed by atoms with Gasteiger partial charge in [0, 0.05) is 5.56 Å². The van der Waals surface area contributed by atoms with Crippen molar-refractivity contribution in [3.05, 3.63) is 29.8 Å². The molecule has 146 valence electrons. The normalized spacial score (nSPS) is 16.7. The fourth-order valence-corrected chi connectivity index (χ4v) is 4.63. The molecule has 0 atom stereocenters. The maximum Gasteiger partial charge on any atom is 0.429 e. The Bertz CT molecular complexity index is 606. The Hall–Kier alpha value is -1.42. The first-order valence-corrected chi connectivity index (χ1v) is 9.43. The summed E-state index contributed by atoms with van der Waals surface area (Å²) < 4.78 is 79.9. The van der Waals surface area contributed by atoms with Gasteiger partial charge in [-0.2, -0.15) is 26.3 Å². The van der Waals surface area contributed by atoms with Crippen molar-refractivity contribution >= 4 is 16.7 Å². The number of ether oxygens (including phenoxy) is 1. The van der Waals surface area contributed by atoms with Gasteiger partial charge in [0.25, 0.3) is 5.60 Å². The van der Waals surface area contributed by atoms with E-state index >= 15 is 0 Å². The van der Waals surface area contributed by atoms with Crippen molar-refractivity contribution in [1.29, 1.82) is 0 Å². The number of Topliss-reactive ketones (excluding diaryl/α,β-unsaturated/α-hetero) is 1. The molecule has 0 aliphatic carbocycles. The first-order valence-electron chi connectivity index (χ1n) is 7.70. The van der Waals surface area contributed by atoms with E-state index < -0.39 is 24.6 Å². The summed E-state index contributed by atoms with van der Waals surface area (Å²) in [6.45, 7) is -2.03. The lowest BCUT2D eigenvalue weighted by atomic mass is 10.0. The Kier molecular flexibility index (Phi) is 6.17. The summed E-state index contributed by atoms with van der Waals surface area (Å²) in [5, 5.41) is 9.02. The van der Waals surface area contributed by atoms with E-state index in [1.807, 2.05) is 0 Å². The minimum Gasteiger partial charge on any atom is -0.490 e. The van der Waals surface area contributed by atoms with Crippen LogP contribution in [0.3, 0.4) is 0 Å². The van der Waals surface area contributed by atoms with Crippen LogP contribution < -0.4 is 4.74 Å². The molecule has 0 amide bonds. The maximum absolute atomic E-state index is 12.6. The lowest BCUT2D eigenvalue weighted by molar-refractivity contribution is -0.373. The van der Waals surface area contributed by atoms with E-state index in [0.29, 0.717) is 11.3 Å². The van der Waals surface area contributed by atoms with Crippen molar-refractivity contribution in [2.75, 3.05) is 23.9 Å². The Morgan fingerprint density at radius 1 is 1.00 bits per heavy atom. The summed E-state index contributed by atoms with van der Waals surface area (Å²) in [5.41, 5.74) is -4.66. The molecule has 2 rings (SSSR count). The first kappa shape index (κ1) is 20.9. The van der Waals surface area contributed by atoms with Crippen molar-refractivity contribution in [3.63, 3.8) is 0 Å². The van der Waals surface area contributed by atoms with Gasteiger partial charge in [-0.3, -0.25) is 4.79 Å². The molecular weight excluding hydrogens is 386 g/mol. The number of alkyl halides is 6. The van der Waals surface area contributed by atoms with Gasteiger partial charge in [0.15, 0.2) is 5.75 Å². The number of benzene rings is 1. The molecule has 10 heteroatoms. The molecule has 0 unspecified atom stereocenters. The first-order chi connectivity index (χ1) is 11.9. The fraction of sp³-hybridized carbons (Fsp3) is 0.562. The second-order valence-electron chi connectivity index (χ2n) is 5.96. The van der Waals surface area contributed by atoms with E-state index in [4.69, 9.17) is 5.11 Å². The predicted molar refractivity (Wildman–Crippen MR) is 84.5 cm³/mol. The minimum atomic E-state index is -5.94. The van der Waals surface area contributed by atoms with Gasteiger partial charge in [-0.25, -0.2) is 0 Å². The summed E-state index contributed by atoms with van der Waals surface area (Å²) in [5.74, 6) is 1.96. The Labute approximate surface area is 148 Å². The van der Waals surface area contributed by atoms with Crippen LogP contribution in [0.1, 0.15) is 23.2 Å². The molecule has 0 bridgehead atoms. The molecule has 1 aromatic rings. The topological polar surface area (TPSA) is 46.5 Å². The second-order valence-corrected chi connectivity index (χ2v) is 8.29. The summed E-state index contributed by atoms with van der Waals surface area (Å²) >= 11 is 0. The van der Waals surface area contributed by atoms with Gasteiger partial charge >= 0.3 is 12.4 Å². The average molecular weight is 403 g/mol. The zero-order valence-corrected chi connectivity index (χ0v) is 14.3. The molecular formula is C16H17F6O3S+. The van der Waals surface area contributed by atoms with Crippen molar-refractivity contribution in [3.8, 4) is 5.75 Å². The van der Waals surface area contributed by atoms with Gasteiger partial charge in [-0.05, 0) is 48.0 Å². The summed E-state index contributed by atoms with van der Waals surface area (Å²) in [7, 11) is 0.0377. The van der Waals surface area contributed by atoms with Crippen molar-refractivity contribution in [2.45, 2.75) is 30.8 Å². The highest BCUT2D eigenvalue weighted by Gasteiger charge is 2.71. The standard InChI is InChI=1S/C16H17F6O3S/c17-15(18,19)14(24,16(20,21)22)10-25-12-5-3-11(4-6-12)13(23)9-26-7-1-2-8-26/h3-6,24H,1-2,7-10H2/q+1. The third-order valence-corrected chi connectivity index (χ3v) is 6.42. The van der Waals surface area contributed by atoms with Crippen LogP contribution in [0.2, 0.25) is 0 Å². The third-order valence-electron chi connectivity index (χ3n) is 4.01. The van der Waals surface area contributed by atoms with Crippen molar-refractivity contribution < 1.29 is 41.0 Å². The third kappa shape index (κ3) is 4.64. The fourth-order valence-electron chi connectivity index (χ4n) is 2.38. The van der Waals surface area contributed by atoms with Crippen molar-refractivity contribution in [2.24, 2.45) is 0 Å². The number of carbonyl (C=O) groups excluding carboxylic acids is 1. The van der Waals surface area contributed by atoms with Crippen LogP contribution in [0.4, 0.5) is 26.3 Å². The second kappa shape index (κ2) is 7.67. The zero-order chi connectivity index (χ0) is 19.6. The molecule has 1 aromatic carbocycles. The number of rotatable bonds is 6. The van der Waals surface area contributed by atoms with Crippen LogP contribution in [-0.2, 0) is 10.9 Å².